The number of amides is 2. The Labute approximate surface area is 198 Å². The van der Waals surface area contributed by atoms with E-state index in [1.165, 1.54) is 0 Å². The summed E-state index contributed by atoms with van der Waals surface area (Å²) in [5.41, 5.74) is 4.55. The number of benzene rings is 2. The number of nitrogens with one attached hydrogen (secondary N) is 2. The molecule has 0 unspecified atom stereocenters. The minimum absolute atomic E-state index is 0.0529. The molecule has 0 bridgehead atoms. The Morgan fingerprint density at radius 1 is 1.09 bits per heavy atom. The monoisotopic (exact) mass is 466 g/mol. The third-order valence-corrected chi connectivity index (χ3v) is 6.40. The number of aliphatic carboxylic acids is 1. The van der Waals surface area contributed by atoms with Gasteiger partial charge in [-0.2, -0.15) is 0 Å². The Morgan fingerprint density at radius 3 is 2.35 bits per heavy atom. The van der Waals surface area contributed by atoms with Crippen LogP contribution in [0.25, 0.3) is 11.1 Å². The summed E-state index contributed by atoms with van der Waals surface area (Å²) in [6, 6.07) is 15.2. The number of hydrogen-bond donors (Lipinski definition) is 3. The van der Waals surface area contributed by atoms with E-state index in [4.69, 9.17) is 14.6 Å². The van der Waals surface area contributed by atoms with Gasteiger partial charge in [0.2, 0.25) is 0 Å². The van der Waals surface area contributed by atoms with Gasteiger partial charge in [0.1, 0.15) is 6.61 Å². The van der Waals surface area contributed by atoms with E-state index in [9.17, 15) is 14.4 Å². The molecular weight excluding hydrogens is 436 g/mol. The molecule has 1 saturated heterocycles. The zero-order valence-electron chi connectivity index (χ0n) is 19.2. The lowest BCUT2D eigenvalue weighted by Gasteiger charge is -2.23. The first-order valence-electron chi connectivity index (χ1n) is 11.7. The molecule has 0 radical (unpaired) electrons. The molecule has 0 spiro atoms. The van der Waals surface area contributed by atoms with Crippen molar-refractivity contribution in [2.45, 2.75) is 56.7 Å². The molecule has 1 aliphatic carbocycles. The lowest BCUT2D eigenvalue weighted by molar-refractivity contribution is -0.138. The summed E-state index contributed by atoms with van der Waals surface area (Å²) < 4.78 is 11.1. The van der Waals surface area contributed by atoms with E-state index in [0.29, 0.717) is 19.4 Å². The highest BCUT2D eigenvalue weighted by atomic mass is 16.6. The highest BCUT2D eigenvalue weighted by Gasteiger charge is 2.37. The van der Waals surface area contributed by atoms with Crippen molar-refractivity contribution in [2.24, 2.45) is 0 Å². The Bertz CT molecular complexity index is 1010. The predicted octanol–water partition coefficient (Wildman–Crippen LogP) is 3.44. The Balaban J connectivity index is 1.35. The van der Waals surface area contributed by atoms with Crippen LogP contribution in [0.3, 0.4) is 0 Å². The Kier molecular flexibility index (Phi) is 7.47. The summed E-state index contributed by atoms with van der Waals surface area (Å²) >= 11 is 0. The summed E-state index contributed by atoms with van der Waals surface area (Å²) in [6.07, 6.45) is 0.121. The van der Waals surface area contributed by atoms with Crippen molar-refractivity contribution in [3.05, 3.63) is 59.7 Å². The zero-order chi connectivity index (χ0) is 24.1. The third-order valence-electron chi connectivity index (χ3n) is 6.40. The number of carboxylic acid groups (broad SMARTS) is 1. The van der Waals surface area contributed by atoms with Gasteiger partial charge in [-0.15, -0.1) is 0 Å². The van der Waals surface area contributed by atoms with Crippen LogP contribution < -0.4 is 10.6 Å². The standard InChI is InChI=1S/C26H30N2O6/c1-2-7-16(14-23(29)30)27-25(31)24-22(12-13-33-24)28-26(32)34-15-21-19-10-5-3-8-17(19)18-9-4-6-11-20(18)21/h3-6,8-11,16,21-22,24H,2,7,12-15H2,1H3,(H,27,31)(H,28,32)(H,29,30)/t16-,22-,24+/m0/s1. The molecule has 2 aliphatic rings. The quantitative estimate of drug-likeness (QED) is 0.522. The maximum atomic E-state index is 12.7. The molecule has 0 saturated carbocycles. The van der Waals surface area contributed by atoms with Crippen molar-refractivity contribution in [1.82, 2.24) is 10.6 Å². The van der Waals surface area contributed by atoms with Crippen LogP contribution in [0.5, 0.6) is 0 Å². The molecular formula is C26H30N2O6. The average Bonchev–Trinajstić information content (AvgIpc) is 3.40. The zero-order valence-corrected chi connectivity index (χ0v) is 19.2. The molecule has 2 amide bonds. The van der Waals surface area contributed by atoms with E-state index >= 15 is 0 Å². The Morgan fingerprint density at radius 2 is 1.74 bits per heavy atom. The van der Waals surface area contributed by atoms with E-state index in [1.807, 2.05) is 31.2 Å². The van der Waals surface area contributed by atoms with Gasteiger partial charge in [-0.3, -0.25) is 9.59 Å². The van der Waals surface area contributed by atoms with Gasteiger partial charge in [0.15, 0.2) is 6.10 Å². The highest BCUT2D eigenvalue weighted by Crippen LogP contribution is 2.44. The van der Waals surface area contributed by atoms with Crippen LogP contribution in [0.2, 0.25) is 0 Å². The van der Waals surface area contributed by atoms with Gasteiger partial charge in [0.05, 0.1) is 12.5 Å². The number of carboxylic acids is 1. The van der Waals surface area contributed by atoms with Crippen LogP contribution in [0.4, 0.5) is 4.79 Å². The number of ether oxygens (including phenoxy) is 2. The van der Waals surface area contributed by atoms with Crippen LogP contribution in [0.15, 0.2) is 48.5 Å². The minimum Gasteiger partial charge on any atom is -0.481 e. The van der Waals surface area contributed by atoms with Crippen LogP contribution in [0, 0.1) is 0 Å². The number of carbonyl (C=O) groups is 3. The Hall–Kier alpha value is -3.39. The minimum atomic E-state index is -0.973. The molecule has 1 heterocycles. The second-order valence-corrected chi connectivity index (χ2v) is 8.75. The van der Waals surface area contributed by atoms with E-state index in [2.05, 4.69) is 34.9 Å². The maximum Gasteiger partial charge on any atom is 0.407 e. The van der Waals surface area contributed by atoms with Crippen molar-refractivity contribution in [1.29, 1.82) is 0 Å². The fourth-order valence-electron chi connectivity index (χ4n) is 4.86. The average molecular weight is 467 g/mol. The molecule has 0 aromatic heterocycles. The van der Waals surface area contributed by atoms with Crippen LogP contribution in [-0.4, -0.2) is 54.5 Å². The molecule has 3 N–H and O–H groups in total. The summed E-state index contributed by atoms with van der Waals surface area (Å²) in [7, 11) is 0. The summed E-state index contributed by atoms with van der Waals surface area (Å²) in [5, 5.41) is 14.6. The molecule has 8 nitrogen and oxygen atoms in total. The smallest absolute Gasteiger partial charge is 0.407 e. The van der Waals surface area contributed by atoms with Crippen molar-refractivity contribution in [3.63, 3.8) is 0 Å². The van der Waals surface area contributed by atoms with Gasteiger partial charge in [-0.25, -0.2) is 4.79 Å². The third kappa shape index (κ3) is 5.22. The van der Waals surface area contributed by atoms with Crippen LogP contribution >= 0.6 is 0 Å². The summed E-state index contributed by atoms with van der Waals surface area (Å²) in [5.74, 6) is -1.44. The van der Waals surface area contributed by atoms with Gasteiger partial charge in [-0.05, 0) is 35.1 Å². The first-order chi connectivity index (χ1) is 16.5. The normalized spacial score (nSPS) is 19.7. The second kappa shape index (κ2) is 10.7. The highest BCUT2D eigenvalue weighted by molar-refractivity contribution is 5.84. The predicted molar refractivity (Wildman–Crippen MR) is 125 cm³/mol. The van der Waals surface area contributed by atoms with Gasteiger partial charge in [0, 0.05) is 18.6 Å². The van der Waals surface area contributed by atoms with Gasteiger partial charge in [0.25, 0.3) is 5.91 Å². The molecule has 3 atom stereocenters. The van der Waals surface area contributed by atoms with Crippen molar-refractivity contribution >= 4 is 18.0 Å². The SMILES string of the molecule is CCC[C@@H](CC(=O)O)NC(=O)[C@@H]1OCC[C@@H]1NC(=O)OCC1c2ccccc2-c2ccccc21. The number of hydrogen-bond acceptors (Lipinski definition) is 5. The molecule has 2 aromatic carbocycles. The van der Waals surface area contributed by atoms with Crippen LogP contribution in [-0.2, 0) is 19.1 Å². The molecule has 8 heteroatoms. The van der Waals surface area contributed by atoms with Crippen molar-refractivity contribution in [3.8, 4) is 11.1 Å². The fraction of sp³-hybridized carbons (Fsp3) is 0.423. The summed E-state index contributed by atoms with van der Waals surface area (Å²) in [6.45, 7) is 2.43. The second-order valence-electron chi connectivity index (χ2n) is 8.75. The number of fused-ring (bicyclic) bond motifs is 3. The number of rotatable bonds is 9. The number of alkyl carbamates (subject to hydrolysis) is 1. The molecule has 2 aromatic rings. The lowest BCUT2D eigenvalue weighted by Crippen LogP contribution is -2.51. The summed E-state index contributed by atoms with van der Waals surface area (Å²) in [4.78, 5) is 36.4. The first kappa shape index (κ1) is 23.8. The molecule has 180 valence electrons. The van der Waals surface area contributed by atoms with Gasteiger partial charge >= 0.3 is 12.1 Å². The van der Waals surface area contributed by atoms with E-state index in [0.717, 1.165) is 28.7 Å². The van der Waals surface area contributed by atoms with Crippen LogP contribution in [0.1, 0.15) is 49.7 Å². The molecule has 1 fully saturated rings. The van der Waals surface area contributed by atoms with Crippen molar-refractivity contribution < 1.29 is 29.0 Å². The van der Waals surface area contributed by atoms with E-state index in [1.54, 1.807) is 0 Å². The fourth-order valence-corrected chi connectivity index (χ4v) is 4.86. The molecule has 4 rings (SSSR count). The molecule has 34 heavy (non-hydrogen) atoms. The largest absolute Gasteiger partial charge is 0.481 e. The number of carbonyl (C=O) groups excluding carboxylic acids is 2. The molecule has 1 aliphatic heterocycles. The lowest BCUT2D eigenvalue weighted by atomic mass is 9.98. The first-order valence-corrected chi connectivity index (χ1v) is 11.7. The van der Waals surface area contributed by atoms with Gasteiger partial charge in [-0.1, -0.05) is 61.9 Å². The van der Waals surface area contributed by atoms with Gasteiger partial charge < -0.3 is 25.2 Å². The van der Waals surface area contributed by atoms with Crippen molar-refractivity contribution in [2.75, 3.05) is 13.2 Å². The van der Waals surface area contributed by atoms with E-state index < -0.39 is 36.2 Å². The topological polar surface area (TPSA) is 114 Å². The maximum absolute atomic E-state index is 12.7. The van der Waals surface area contributed by atoms with E-state index in [-0.39, 0.29) is 18.9 Å².